The van der Waals surface area contributed by atoms with Crippen LogP contribution in [0.25, 0.3) is 11.0 Å². The number of amides is 1. The predicted molar refractivity (Wildman–Crippen MR) is 83.7 cm³/mol. The number of Topliss-reactive ketones (excluding diaryl/α,β-unsaturated/α-hetero) is 1. The fraction of sp³-hybridized carbons (Fsp3) is 0.111. The van der Waals surface area contributed by atoms with E-state index in [4.69, 9.17) is 4.42 Å². The second-order valence-corrected chi connectivity index (χ2v) is 5.11. The first kappa shape index (κ1) is 15.0. The van der Waals surface area contributed by atoms with Crippen LogP contribution in [0.5, 0.6) is 0 Å². The molecule has 0 aliphatic heterocycles. The topological polar surface area (TPSA) is 59.3 Å². The quantitative estimate of drug-likeness (QED) is 0.582. The molecule has 0 aliphatic carbocycles. The molecular weight excluding hydrogens is 297 g/mol. The van der Waals surface area contributed by atoms with Gasteiger partial charge in [0.1, 0.15) is 17.7 Å². The zero-order valence-electron chi connectivity index (χ0n) is 12.2. The zero-order chi connectivity index (χ0) is 16.2. The van der Waals surface area contributed by atoms with Crippen molar-refractivity contribution in [2.75, 3.05) is 6.54 Å². The summed E-state index contributed by atoms with van der Waals surface area (Å²) in [6.45, 7) is 0.298. The van der Waals surface area contributed by atoms with Gasteiger partial charge in [0.25, 0.3) is 11.7 Å². The van der Waals surface area contributed by atoms with Crippen LogP contribution in [0.2, 0.25) is 0 Å². The van der Waals surface area contributed by atoms with E-state index in [0.29, 0.717) is 23.9 Å². The monoisotopic (exact) mass is 311 g/mol. The highest BCUT2D eigenvalue weighted by Crippen LogP contribution is 2.21. The van der Waals surface area contributed by atoms with Gasteiger partial charge in [-0.05, 0) is 30.2 Å². The van der Waals surface area contributed by atoms with Gasteiger partial charge in [0.05, 0.1) is 5.56 Å². The van der Waals surface area contributed by atoms with Crippen molar-refractivity contribution in [1.82, 2.24) is 5.32 Å². The maximum Gasteiger partial charge on any atom is 0.292 e. The average Bonchev–Trinajstić information content (AvgIpc) is 3.00. The minimum Gasteiger partial charge on any atom is -0.464 e. The van der Waals surface area contributed by atoms with Gasteiger partial charge in [-0.15, -0.1) is 0 Å². The van der Waals surface area contributed by atoms with Gasteiger partial charge in [-0.2, -0.15) is 0 Å². The second kappa shape index (κ2) is 6.44. The normalized spacial score (nSPS) is 10.7. The van der Waals surface area contributed by atoms with E-state index in [2.05, 4.69) is 5.32 Å². The highest BCUT2D eigenvalue weighted by Gasteiger charge is 2.20. The Bertz CT molecular complexity index is 852. The van der Waals surface area contributed by atoms with Crippen LogP contribution in [-0.2, 0) is 11.2 Å². The van der Waals surface area contributed by atoms with Gasteiger partial charge in [-0.25, -0.2) is 4.39 Å². The summed E-state index contributed by atoms with van der Waals surface area (Å²) in [6.07, 6.45) is 1.82. The Morgan fingerprint density at radius 1 is 1.04 bits per heavy atom. The van der Waals surface area contributed by atoms with E-state index in [1.165, 1.54) is 18.4 Å². The standard InChI is InChI=1S/C18H14FNO3/c19-13-7-5-12(6-8-13)9-10-20-18(22)17(21)15-11-23-16-4-2-1-3-14(15)16/h1-8,11H,9-10H2,(H,20,22). The molecule has 3 aromatic rings. The lowest BCUT2D eigenvalue weighted by Gasteiger charge is -2.04. The van der Waals surface area contributed by atoms with Crippen molar-refractivity contribution in [1.29, 1.82) is 0 Å². The van der Waals surface area contributed by atoms with Crippen molar-refractivity contribution < 1.29 is 18.4 Å². The maximum absolute atomic E-state index is 12.8. The van der Waals surface area contributed by atoms with E-state index in [1.54, 1.807) is 36.4 Å². The molecule has 4 nitrogen and oxygen atoms in total. The predicted octanol–water partition coefficient (Wildman–Crippen LogP) is 3.11. The number of halogens is 1. The lowest BCUT2D eigenvalue weighted by molar-refractivity contribution is -0.116. The number of benzene rings is 2. The number of rotatable bonds is 5. The van der Waals surface area contributed by atoms with E-state index >= 15 is 0 Å². The molecule has 0 spiro atoms. The van der Waals surface area contributed by atoms with Crippen molar-refractivity contribution in [2.45, 2.75) is 6.42 Å². The first-order valence-electron chi connectivity index (χ1n) is 7.18. The summed E-state index contributed by atoms with van der Waals surface area (Å²) < 4.78 is 18.1. The summed E-state index contributed by atoms with van der Waals surface area (Å²) >= 11 is 0. The molecule has 0 aliphatic rings. The number of nitrogens with one attached hydrogen (secondary N) is 1. The van der Waals surface area contributed by atoms with Crippen LogP contribution < -0.4 is 5.32 Å². The van der Waals surface area contributed by atoms with E-state index in [9.17, 15) is 14.0 Å². The van der Waals surface area contributed by atoms with Gasteiger partial charge in [0.2, 0.25) is 0 Å². The van der Waals surface area contributed by atoms with E-state index < -0.39 is 11.7 Å². The van der Waals surface area contributed by atoms with Crippen LogP contribution in [0.15, 0.2) is 59.2 Å². The molecule has 0 fully saturated rings. The van der Waals surface area contributed by atoms with Crippen LogP contribution in [-0.4, -0.2) is 18.2 Å². The van der Waals surface area contributed by atoms with Gasteiger partial charge < -0.3 is 9.73 Å². The van der Waals surface area contributed by atoms with Crippen molar-refractivity contribution >= 4 is 22.7 Å². The number of fused-ring (bicyclic) bond motifs is 1. The molecule has 0 saturated carbocycles. The van der Waals surface area contributed by atoms with Gasteiger partial charge in [-0.3, -0.25) is 9.59 Å². The average molecular weight is 311 g/mol. The summed E-state index contributed by atoms with van der Waals surface area (Å²) in [5.74, 6) is -1.62. The number of furan rings is 1. The number of hydrogen-bond donors (Lipinski definition) is 1. The molecule has 0 saturated heterocycles. The summed E-state index contributed by atoms with van der Waals surface area (Å²) in [5, 5.41) is 3.19. The highest BCUT2D eigenvalue weighted by molar-refractivity contribution is 6.44. The molecule has 1 N–H and O–H groups in total. The summed E-state index contributed by atoms with van der Waals surface area (Å²) in [4.78, 5) is 24.2. The van der Waals surface area contributed by atoms with Crippen LogP contribution in [0.4, 0.5) is 4.39 Å². The molecule has 116 valence electrons. The fourth-order valence-corrected chi connectivity index (χ4v) is 2.33. The van der Waals surface area contributed by atoms with E-state index in [-0.39, 0.29) is 11.4 Å². The second-order valence-electron chi connectivity index (χ2n) is 5.11. The molecule has 3 rings (SSSR count). The van der Waals surface area contributed by atoms with Crippen molar-refractivity contribution in [2.24, 2.45) is 0 Å². The molecule has 0 radical (unpaired) electrons. The molecule has 0 unspecified atom stereocenters. The number of carbonyl (C=O) groups excluding carboxylic acids is 2. The fourth-order valence-electron chi connectivity index (χ4n) is 2.33. The van der Waals surface area contributed by atoms with E-state index in [1.807, 2.05) is 0 Å². The molecule has 0 atom stereocenters. The highest BCUT2D eigenvalue weighted by atomic mass is 19.1. The zero-order valence-corrected chi connectivity index (χ0v) is 12.2. The number of hydrogen-bond acceptors (Lipinski definition) is 3. The van der Waals surface area contributed by atoms with E-state index in [0.717, 1.165) is 5.56 Å². The molecule has 1 aromatic heterocycles. The van der Waals surface area contributed by atoms with Gasteiger partial charge in [-0.1, -0.05) is 30.3 Å². The maximum atomic E-state index is 12.8. The summed E-state index contributed by atoms with van der Waals surface area (Å²) in [6, 6.07) is 13.1. The van der Waals surface area contributed by atoms with Crippen LogP contribution in [0, 0.1) is 5.82 Å². The Balaban J connectivity index is 1.61. The molecule has 5 heteroatoms. The van der Waals surface area contributed by atoms with Gasteiger partial charge in [0, 0.05) is 11.9 Å². The largest absolute Gasteiger partial charge is 0.464 e. The lowest BCUT2D eigenvalue weighted by atomic mass is 10.1. The third-order valence-electron chi connectivity index (χ3n) is 3.54. The van der Waals surface area contributed by atoms with Crippen LogP contribution in [0.1, 0.15) is 15.9 Å². The Kier molecular flexibility index (Phi) is 4.19. The first-order chi connectivity index (χ1) is 11.1. The smallest absolute Gasteiger partial charge is 0.292 e. The summed E-state index contributed by atoms with van der Waals surface area (Å²) in [5.41, 5.74) is 1.70. The minimum atomic E-state index is -0.682. The van der Waals surface area contributed by atoms with Crippen LogP contribution in [0.3, 0.4) is 0 Å². The van der Waals surface area contributed by atoms with Crippen molar-refractivity contribution in [3.63, 3.8) is 0 Å². The molecule has 1 heterocycles. The SMILES string of the molecule is O=C(NCCc1ccc(F)cc1)C(=O)c1coc2ccccc12. The third kappa shape index (κ3) is 3.29. The molecule has 2 aromatic carbocycles. The third-order valence-corrected chi connectivity index (χ3v) is 3.54. The Hall–Kier alpha value is -2.95. The molecule has 1 amide bonds. The Morgan fingerprint density at radius 2 is 1.78 bits per heavy atom. The molecule has 23 heavy (non-hydrogen) atoms. The number of para-hydroxylation sites is 1. The van der Waals surface area contributed by atoms with Gasteiger partial charge in [0.15, 0.2) is 0 Å². The van der Waals surface area contributed by atoms with Gasteiger partial charge >= 0.3 is 0 Å². The van der Waals surface area contributed by atoms with Crippen molar-refractivity contribution in [3.05, 3.63) is 71.7 Å². The van der Waals surface area contributed by atoms with Crippen molar-refractivity contribution in [3.8, 4) is 0 Å². The summed E-state index contributed by atoms with van der Waals surface area (Å²) in [7, 11) is 0. The lowest BCUT2D eigenvalue weighted by Crippen LogP contribution is -2.32. The molecule has 0 bridgehead atoms. The first-order valence-corrected chi connectivity index (χ1v) is 7.18. The Morgan fingerprint density at radius 3 is 2.57 bits per heavy atom. The minimum absolute atomic E-state index is 0.250. The number of ketones is 1. The van der Waals surface area contributed by atoms with Crippen LogP contribution >= 0.6 is 0 Å². The Labute approximate surface area is 131 Å². The number of carbonyl (C=O) groups is 2. The molecular formula is C18H14FNO3.